The molecule has 0 atom stereocenters. The van der Waals surface area contributed by atoms with Crippen molar-refractivity contribution in [3.63, 3.8) is 0 Å². The molecule has 1 N–H and O–H groups in total. The highest BCUT2D eigenvalue weighted by molar-refractivity contribution is 5.74. The molecule has 1 aromatic carbocycles. The third-order valence-electron chi connectivity index (χ3n) is 1.97. The number of esters is 1. The third-order valence-corrected chi connectivity index (χ3v) is 1.97. The predicted molar refractivity (Wildman–Crippen MR) is 70.9 cm³/mol. The minimum absolute atomic E-state index is 0.0914. The van der Waals surface area contributed by atoms with Gasteiger partial charge in [0.25, 0.3) is 0 Å². The molecule has 19 heavy (non-hydrogen) atoms. The van der Waals surface area contributed by atoms with Gasteiger partial charge in [-0.3, -0.25) is 4.79 Å². The Morgan fingerprint density at radius 2 is 1.79 bits per heavy atom. The maximum Gasteiger partial charge on any atom is 0.407 e. The Bertz CT molecular complexity index is 423. The number of para-hydroxylation sites is 1. The zero-order valence-corrected chi connectivity index (χ0v) is 11.4. The van der Waals surface area contributed by atoms with Crippen LogP contribution in [0.2, 0.25) is 0 Å². The number of benzene rings is 1. The highest BCUT2D eigenvalue weighted by Crippen LogP contribution is 2.09. The number of amides is 1. The molecule has 5 heteroatoms. The highest BCUT2D eigenvalue weighted by Gasteiger charge is 2.16. The van der Waals surface area contributed by atoms with E-state index in [1.165, 1.54) is 0 Å². The minimum Gasteiger partial charge on any atom is -0.444 e. The summed E-state index contributed by atoms with van der Waals surface area (Å²) >= 11 is 0. The molecular formula is C14H19NO4. The zero-order valence-electron chi connectivity index (χ0n) is 11.4. The first-order chi connectivity index (χ1) is 8.87. The fourth-order valence-electron chi connectivity index (χ4n) is 1.25. The molecule has 5 nitrogen and oxygen atoms in total. The lowest BCUT2D eigenvalue weighted by Crippen LogP contribution is -2.34. The molecule has 0 bridgehead atoms. The van der Waals surface area contributed by atoms with Crippen molar-refractivity contribution in [3.05, 3.63) is 30.3 Å². The summed E-state index contributed by atoms with van der Waals surface area (Å²) in [5.74, 6) is 0.0898. The van der Waals surface area contributed by atoms with Crippen molar-refractivity contribution < 1.29 is 19.1 Å². The average Bonchev–Trinajstić information content (AvgIpc) is 2.27. The first kappa shape index (κ1) is 15.0. The second-order valence-electron chi connectivity index (χ2n) is 4.97. The summed E-state index contributed by atoms with van der Waals surface area (Å²) in [6, 6.07) is 8.78. The van der Waals surface area contributed by atoms with Crippen LogP contribution in [0.3, 0.4) is 0 Å². The number of nitrogens with one attached hydrogen (secondary N) is 1. The van der Waals surface area contributed by atoms with Gasteiger partial charge < -0.3 is 14.8 Å². The van der Waals surface area contributed by atoms with Crippen molar-refractivity contribution in [2.45, 2.75) is 32.8 Å². The topological polar surface area (TPSA) is 64.6 Å². The summed E-state index contributed by atoms with van der Waals surface area (Å²) in [6.07, 6.45) is -0.450. The Balaban J connectivity index is 2.23. The molecule has 0 spiro atoms. The molecule has 0 fully saturated rings. The number of ether oxygens (including phenoxy) is 2. The molecule has 0 aliphatic rings. The quantitative estimate of drug-likeness (QED) is 0.671. The van der Waals surface area contributed by atoms with Crippen LogP contribution in [-0.2, 0) is 9.53 Å². The van der Waals surface area contributed by atoms with E-state index in [-0.39, 0.29) is 13.0 Å². The van der Waals surface area contributed by atoms with E-state index in [2.05, 4.69) is 5.32 Å². The molecule has 1 aromatic rings. The molecule has 1 amide bonds. The predicted octanol–water partition coefficient (Wildman–Crippen LogP) is 2.51. The second-order valence-corrected chi connectivity index (χ2v) is 4.97. The molecule has 0 saturated heterocycles. The fraction of sp³-hybridized carbons (Fsp3) is 0.429. The Kier molecular flexibility index (Phi) is 5.36. The van der Waals surface area contributed by atoms with Crippen molar-refractivity contribution in [2.24, 2.45) is 0 Å². The van der Waals surface area contributed by atoms with Crippen molar-refractivity contribution in [3.8, 4) is 5.75 Å². The summed E-state index contributed by atoms with van der Waals surface area (Å²) in [6.45, 7) is 5.50. The molecule has 0 radical (unpaired) electrons. The number of rotatable bonds is 4. The molecule has 104 valence electrons. The van der Waals surface area contributed by atoms with Gasteiger partial charge in [-0.05, 0) is 32.9 Å². The maximum atomic E-state index is 11.5. The molecule has 0 heterocycles. The summed E-state index contributed by atoms with van der Waals surface area (Å²) in [5.41, 5.74) is -0.547. The Morgan fingerprint density at radius 1 is 1.16 bits per heavy atom. The van der Waals surface area contributed by atoms with Crippen LogP contribution >= 0.6 is 0 Å². The normalized spacial score (nSPS) is 10.7. The number of alkyl carbamates (subject to hydrolysis) is 1. The average molecular weight is 265 g/mol. The van der Waals surface area contributed by atoms with E-state index in [1.807, 2.05) is 6.07 Å². The zero-order chi connectivity index (χ0) is 14.3. The summed E-state index contributed by atoms with van der Waals surface area (Å²) in [4.78, 5) is 22.8. The molecule has 0 unspecified atom stereocenters. The number of hydrogen-bond donors (Lipinski definition) is 1. The second kappa shape index (κ2) is 6.78. The van der Waals surface area contributed by atoms with E-state index < -0.39 is 17.7 Å². The highest BCUT2D eigenvalue weighted by atomic mass is 16.6. The van der Waals surface area contributed by atoms with Gasteiger partial charge in [0.05, 0.1) is 6.42 Å². The van der Waals surface area contributed by atoms with Crippen LogP contribution < -0.4 is 10.1 Å². The third kappa shape index (κ3) is 7.08. The number of hydrogen-bond acceptors (Lipinski definition) is 4. The Hall–Kier alpha value is -2.04. The SMILES string of the molecule is CC(C)(C)OC(=O)NCCC(=O)Oc1ccccc1. The van der Waals surface area contributed by atoms with Gasteiger partial charge >= 0.3 is 12.1 Å². The van der Waals surface area contributed by atoms with Crippen LogP contribution in [-0.4, -0.2) is 24.2 Å². The standard InChI is InChI=1S/C14H19NO4/c1-14(2,3)19-13(17)15-10-9-12(16)18-11-7-5-4-6-8-11/h4-8H,9-10H2,1-3H3,(H,15,17). The molecule has 0 aromatic heterocycles. The molecular weight excluding hydrogens is 246 g/mol. The molecule has 0 aliphatic carbocycles. The van der Waals surface area contributed by atoms with Gasteiger partial charge in [-0.25, -0.2) is 4.79 Å². The largest absolute Gasteiger partial charge is 0.444 e. The van der Waals surface area contributed by atoms with Gasteiger partial charge in [-0.2, -0.15) is 0 Å². The van der Waals surface area contributed by atoms with Crippen LogP contribution in [0.25, 0.3) is 0 Å². The van der Waals surface area contributed by atoms with E-state index >= 15 is 0 Å². The van der Waals surface area contributed by atoms with E-state index in [4.69, 9.17) is 9.47 Å². The minimum atomic E-state index is -0.547. The fourth-order valence-corrected chi connectivity index (χ4v) is 1.25. The lowest BCUT2D eigenvalue weighted by molar-refractivity contribution is -0.134. The van der Waals surface area contributed by atoms with Gasteiger partial charge in [0.15, 0.2) is 0 Å². The van der Waals surface area contributed by atoms with E-state index in [9.17, 15) is 9.59 Å². The van der Waals surface area contributed by atoms with Gasteiger partial charge in [0.1, 0.15) is 11.4 Å². The van der Waals surface area contributed by atoms with E-state index in [0.29, 0.717) is 5.75 Å². The first-order valence-electron chi connectivity index (χ1n) is 6.09. The molecule has 1 rings (SSSR count). The Labute approximate surface area is 112 Å². The van der Waals surface area contributed by atoms with E-state index in [1.54, 1.807) is 45.0 Å². The summed E-state index contributed by atoms with van der Waals surface area (Å²) < 4.78 is 10.1. The smallest absolute Gasteiger partial charge is 0.407 e. The van der Waals surface area contributed by atoms with Crippen molar-refractivity contribution >= 4 is 12.1 Å². The van der Waals surface area contributed by atoms with Crippen LogP contribution in [0, 0.1) is 0 Å². The van der Waals surface area contributed by atoms with Crippen LogP contribution in [0.1, 0.15) is 27.2 Å². The van der Waals surface area contributed by atoms with Gasteiger partial charge in [0.2, 0.25) is 0 Å². The van der Waals surface area contributed by atoms with Crippen LogP contribution in [0.15, 0.2) is 30.3 Å². The maximum absolute atomic E-state index is 11.5. The van der Waals surface area contributed by atoms with Crippen molar-refractivity contribution in [1.29, 1.82) is 0 Å². The monoisotopic (exact) mass is 265 g/mol. The number of carbonyl (C=O) groups is 2. The van der Waals surface area contributed by atoms with E-state index in [0.717, 1.165) is 0 Å². The van der Waals surface area contributed by atoms with Crippen LogP contribution in [0.5, 0.6) is 5.75 Å². The van der Waals surface area contributed by atoms with Crippen molar-refractivity contribution in [1.82, 2.24) is 5.32 Å². The summed E-state index contributed by atoms with van der Waals surface area (Å²) in [7, 11) is 0. The number of carbonyl (C=O) groups excluding carboxylic acids is 2. The molecule has 0 aliphatic heterocycles. The lowest BCUT2D eigenvalue weighted by atomic mass is 10.2. The van der Waals surface area contributed by atoms with Gasteiger partial charge in [0, 0.05) is 6.54 Å². The van der Waals surface area contributed by atoms with Gasteiger partial charge in [-0.1, -0.05) is 18.2 Å². The first-order valence-corrected chi connectivity index (χ1v) is 6.09. The van der Waals surface area contributed by atoms with Gasteiger partial charge in [-0.15, -0.1) is 0 Å². The van der Waals surface area contributed by atoms with Crippen LogP contribution in [0.4, 0.5) is 4.79 Å². The van der Waals surface area contributed by atoms with Crippen molar-refractivity contribution in [2.75, 3.05) is 6.54 Å². The summed E-state index contributed by atoms with van der Waals surface area (Å²) in [5, 5.41) is 2.49. The molecule has 0 saturated carbocycles. The lowest BCUT2D eigenvalue weighted by Gasteiger charge is -2.19. The Morgan fingerprint density at radius 3 is 2.37 bits per heavy atom.